The molecule has 0 saturated carbocycles. The monoisotopic (exact) mass is 1860 g/mol. The molecule has 0 radical (unpaired) electrons. The second-order valence-electron chi connectivity index (χ2n) is 34.0. The number of hydrogen-bond acceptors (Lipinski definition) is 26. The topological polar surface area (TPSA) is 312 Å². The molecule has 11 aromatic heterocycles. The molecule has 0 bridgehead atoms. The van der Waals surface area contributed by atoms with Crippen molar-refractivity contribution in [3.8, 4) is 79.2 Å². The van der Waals surface area contributed by atoms with Crippen molar-refractivity contribution >= 4 is 78.4 Å². The van der Waals surface area contributed by atoms with Crippen LogP contribution in [-0.4, -0.2) is 204 Å². The lowest BCUT2D eigenvalue weighted by atomic mass is 9.96. The Bertz CT molecular complexity index is 7430. The first-order chi connectivity index (χ1) is 65.9. The first-order valence-corrected chi connectivity index (χ1v) is 45.9. The third kappa shape index (κ3) is 21.0. The maximum Gasteiger partial charge on any atom is 0.259 e. The number of halogens is 4. The molecule has 35 heteroatoms. The van der Waals surface area contributed by atoms with E-state index in [0.29, 0.717) is 97.1 Å². The van der Waals surface area contributed by atoms with Crippen LogP contribution in [0.25, 0.3) is 94.6 Å². The smallest absolute Gasteiger partial charge is 0.259 e. The number of nitrogens with one attached hydrogen (secondary N) is 4. The summed E-state index contributed by atoms with van der Waals surface area (Å²) in [7, 11) is 9.62. The van der Waals surface area contributed by atoms with Crippen LogP contribution in [-0.2, 0) is 0 Å². The number of methoxy groups -OCH3 is 4. The van der Waals surface area contributed by atoms with E-state index in [9.17, 15) is 41.5 Å². The molecule has 5 saturated heterocycles. The van der Waals surface area contributed by atoms with Crippen LogP contribution in [0.2, 0.25) is 0 Å². The molecule has 3 atom stereocenters. The van der Waals surface area contributed by atoms with Crippen molar-refractivity contribution in [1.82, 2.24) is 73.2 Å². The molecule has 136 heavy (non-hydrogen) atoms. The van der Waals surface area contributed by atoms with Crippen LogP contribution in [0.3, 0.4) is 0 Å². The van der Waals surface area contributed by atoms with Gasteiger partial charge in [0.05, 0.1) is 89.2 Å². The molecule has 0 amide bonds. The number of hydrogen-bond donors (Lipinski definition) is 5. The number of ether oxygens (including phenoxy) is 4. The molecular formula is C101H105F4N21O9S. The molecule has 702 valence electrons. The van der Waals surface area contributed by atoms with Gasteiger partial charge in [0.15, 0.2) is 46.3 Å². The molecule has 16 heterocycles. The molecule has 21 rings (SSSR count). The van der Waals surface area contributed by atoms with Gasteiger partial charge in [0.25, 0.3) is 27.8 Å². The minimum atomic E-state index is -0.493. The summed E-state index contributed by atoms with van der Waals surface area (Å²) in [5, 5.41) is 14.3. The molecule has 5 fully saturated rings. The van der Waals surface area contributed by atoms with Crippen molar-refractivity contribution in [1.29, 1.82) is 0 Å². The van der Waals surface area contributed by atoms with Crippen LogP contribution in [0.1, 0.15) is 37.6 Å². The van der Waals surface area contributed by atoms with Gasteiger partial charge in [0.1, 0.15) is 34.1 Å². The van der Waals surface area contributed by atoms with E-state index in [0.717, 1.165) is 166 Å². The molecule has 0 spiro atoms. The van der Waals surface area contributed by atoms with Gasteiger partial charge in [-0.2, -0.15) is 0 Å². The second kappa shape index (κ2) is 41.6. The fraction of sp³-hybridized carbons (Fsp3) is 0.297. The van der Waals surface area contributed by atoms with Crippen LogP contribution in [0.5, 0.6) is 23.0 Å². The first-order valence-electron chi connectivity index (χ1n) is 45.1. The predicted molar refractivity (Wildman–Crippen MR) is 527 cm³/mol. The number of piperidine rings is 1. The second-order valence-corrected chi connectivity index (χ2v) is 35.3. The lowest BCUT2D eigenvalue weighted by Crippen LogP contribution is -2.49. The Labute approximate surface area is 783 Å². The fourth-order valence-corrected chi connectivity index (χ4v) is 18.5. The van der Waals surface area contributed by atoms with Crippen molar-refractivity contribution in [2.45, 2.75) is 57.7 Å². The van der Waals surface area contributed by atoms with E-state index in [4.69, 9.17) is 29.7 Å². The lowest BCUT2D eigenvalue weighted by Gasteiger charge is -2.33. The molecule has 5 aliphatic rings. The number of likely N-dealkylation sites (N-methyl/N-ethyl adjacent to an activating group) is 1. The van der Waals surface area contributed by atoms with Gasteiger partial charge in [0, 0.05) is 187 Å². The summed E-state index contributed by atoms with van der Waals surface area (Å²) < 4.78 is 84.5. The van der Waals surface area contributed by atoms with Crippen molar-refractivity contribution in [3.05, 3.63) is 293 Å². The van der Waals surface area contributed by atoms with Gasteiger partial charge in [-0.3, -0.25) is 46.0 Å². The van der Waals surface area contributed by atoms with Crippen LogP contribution < -0.4 is 98.2 Å². The van der Waals surface area contributed by atoms with Gasteiger partial charge < -0.3 is 70.4 Å². The summed E-state index contributed by atoms with van der Waals surface area (Å²) in [5.74, 6) is 0.157. The molecule has 6 N–H and O–H groups in total. The number of thiazole rings is 1. The first kappa shape index (κ1) is 93.3. The average Bonchev–Trinajstić information content (AvgIpc) is 1.39. The van der Waals surface area contributed by atoms with Gasteiger partial charge in [-0.15, -0.1) is 11.3 Å². The largest absolute Gasteiger partial charge is 0.494 e. The van der Waals surface area contributed by atoms with Crippen LogP contribution in [0.4, 0.5) is 46.1 Å². The minimum Gasteiger partial charge on any atom is -0.494 e. The van der Waals surface area contributed by atoms with E-state index in [-0.39, 0.29) is 56.8 Å². The van der Waals surface area contributed by atoms with E-state index < -0.39 is 23.3 Å². The zero-order valence-corrected chi connectivity index (χ0v) is 77.4. The molecule has 0 unspecified atom stereocenters. The van der Waals surface area contributed by atoms with Gasteiger partial charge in [-0.1, -0.05) is 12.1 Å². The van der Waals surface area contributed by atoms with E-state index in [1.165, 1.54) is 102 Å². The van der Waals surface area contributed by atoms with Gasteiger partial charge in [-0.25, -0.2) is 47.5 Å². The van der Waals surface area contributed by atoms with Crippen molar-refractivity contribution in [3.63, 3.8) is 0 Å². The van der Waals surface area contributed by atoms with Crippen molar-refractivity contribution < 1.29 is 36.5 Å². The number of nitrogens with two attached hydrogens (primary N) is 1. The van der Waals surface area contributed by atoms with E-state index in [2.05, 4.69) is 89.7 Å². The van der Waals surface area contributed by atoms with E-state index in [1.54, 1.807) is 87.1 Å². The molecule has 30 nitrogen and oxygen atoms in total. The Morgan fingerprint density at radius 3 is 1.21 bits per heavy atom. The van der Waals surface area contributed by atoms with Crippen molar-refractivity contribution in [2.75, 3.05) is 159 Å². The summed E-state index contributed by atoms with van der Waals surface area (Å²) in [6.07, 6.45) is 13.3. The van der Waals surface area contributed by atoms with Gasteiger partial charge >= 0.3 is 0 Å². The van der Waals surface area contributed by atoms with Gasteiger partial charge in [-0.05, 0) is 217 Å². The number of benzene rings is 5. The summed E-state index contributed by atoms with van der Waals surface area (Å²) in [6, 6.07) is 51.9. The highest BCUT2D eigenvalue weighted by molar-refractivity contribution is 7.18. The summed E-state index contributed by atoms with van der Waals surface area (Å²) >= 11 is 1.65. The molecule has 5 aliphatic heterocycles. The molecular weight excluding hydrogens is 1760 g/mol. The van der Waals surface area contributed by atoms with Crippen LogP contribution >= 0.6 is 11.3 Å². The number of rotatable bonds is 17. The minimum absolute atomic E-state index is 0.0642. The third-order valence-electron chi connectivity index (χ3n) is 25.0. The SMILES string of the molecule is CNCC1CCN(c2ccc3nc(-c4ccc(OC)c(F)c4)cc(=O)n3c2)CC1.CN[C@H]1CCN(c2ccc3nc(-c4ccc(OC)c(F)c4)cc(=O)n3c2)C1.COc1ccc(-c2cc(=O)n3cc(N4CC[C@H](N)C4)ccc3n2)cc1F.COc1ccc(-c2ccc3nc(N4CCNCC4)cc(=O)n3c2)cc1F.Cc1nc2ccc(-c3cc(=O)n4cc(N5CCN[C@@H](C)C5)ccc4n3)cc2s1. The van der Waals surface area contributed by atoms with E-state index in [1.807, 2.05) is 94.2 Å². The number of aromatic nitrogens is 11. The zero-order valence-electron chi connectivity index (χ0n) is 76.6. The number of nitrogens with zero attached hydrogens (tertiary/aromatic N) is 16. The predicted octanol–water partition coefficient (Wildman–Crippen LogP) is 12.3. The quantitative estimate of drug-likeness (QED) is 0.0529. The highest BCUT2D eigenvalue weighted by Crippen LogP contribution is 2.34. The number of anilines is 5. The number of aryl methyl sites for hydroxylation is 1. The summed E-state index contributed by atoms with van der Waals surface area (Å²) in [5.41, 5.74) is 18.9. The highest BCUT2D eigenvalue weighted by Gasteiger charge is 2.27. The van der Waals surface area contributed by atoms with E-state index >= 15 is 0 Å². The number of pyridine rings is 5. The number of piperazine rings is 2. The third-order valence-corrected chi connectivity index (χ3v) is 26.0. The number of fused-ring (bicyclic) bond motifs is 6. The Morgan fingerprint density at radius 1 is 0.397 bits per heavy atom. The summed E-state index contributed by atoms with van der Waals surface area (Å²) in [4.78, 5) is 102. The fourth-order valence-electron chi connectivity index (χ4n) is 17.6. The Hall–Kier alpha value is -14.5. The van der Waals surface area contributed by atoms with Crippen LogP contribution in [0.15, 0.2) is 237 Å². The summed E-state index contributed by atoms with van der Waals surface area (Å²) in [6.45, 7) is 16.9. The van der Waals surface area contributed by atoms with Gasteiger partial charge in [0.2, 0.25) is 0 Å². The lowest BCUT2D eigenvalue weighted by molar-refractivity contribution is 0.386. The Kier molecular flexibility index (Phi) is 28.5. The van der Waals surface area contributed by atoms with Crippen LogP contribution in [0, 0.1) is 36.1 Å². The van der Waals surface area contributed by atoms with Crippen molar-refractivity contribution in [2.24, 2.45) is 11.7 Å². The standard InChI is InChI=1S/C22H25FN4O2.C21H21N5OS.C20H21FN4O2.2C19H19FN4O2/c1-24-13-15-7-9-26(10-8-15)17-4-6-21-25-19(12-22(28)27(21)14-17)16-3-5-20(29-2)18(23)11-16;1-13-11-25(8-7-22-13)16-4-6-20-24-18(10-21(27)26(20)12-16)15-3-5-17-19(9-15)28-14(2)23-17;1-22-14-7-8-24(11-14)15-4-6-19-23-17(10-20(26)25(19)12-15)13-3-5-18(27-2)16(21)9-13;1-26-16-4-2-13(10-15(16)20)14-3-5-17-22-18(11-19(25)24(17)12-14)23-8-6-21-7-9-23;1-26-17-4-2-12(8-15(17)20)16-9-19(25)24-11-14(3-5-18(24)22-16)23-7-6-13(21)10-23/h3-6,11-12,14-15,24H,7-10,13H2,1-2H3;3-6,9-10,12-13,22H,7-8,11H2,1-2H3;3-6,9-10,12,14,22H,7-8,11H2,1-2H3;2-5,10-12,21H,6-9H2,1H3;2-5,8-9,11,13H,6-7,10,21H2,1H3/t;13-;14-;;13-/m.00.0/s1. The molecule has 5 aromatic carbocycles. The molecule has 16 aromatic rings. The molecule has 0 aliphatic carbocycles. The highest BCUT2D eigenvalue weighted by atomic mass is 32.1. The Morgan fingerprint density at radius 2 is 0.779 bits per heavy atom. The maximum atomic E-state index is 14.0. The average molecular weight is 1870 g/mol. The Balaban J connectivity index is 0.000000118. The normalized spacial score (nSPS) is 16.2. The maximum absolute atomic E-state index is 14.0. The zero-order chi connectivity index (χ0) is 95.0.